The maximum absolute atomic E-state index is 13.8. The number of halogens is 1. The Morgan fingerprint density at radius 1 is 1.21 bits per heavy atom. The van der Waals surface area contributed by atoms with Gasteiger partial charge in [-0.25, -0.2) is 9.18 Å². The molecule has 2 aromatic carbocycles. The third-order valence-corrected chi connectivity index (χ3v) is 5.44. The average Bonchev–Trinajstić information content (AvgIpc) is 2.68. The molecule has 0 N–H and O–H groups in total. The van der Waals surface area contributed by atoms with Gasteiger partial charge in [0.15, 0.2) is 0 Å². The fourth-order valence-electron chi connectivity index (χ4n) is 4.18. The van der Waals surface area contributed by atoms with Gasteiger partial charge in [0.05, 0.1) is 12.7 Å². The molecule has 1 saturated carbocycles. The van der Waals surface area contributed by atoms with Gasteiger partial charge in [-0.2, -0.15) is 0 Å². The number of ether oxygens (including phenoxy) is 1. The summed E-state index contributed by atoms with van der Waals surface area (Å²) in [4.78, 5) is 14.0. The average molecular weight is 381 g/mol. The summed E-state index contributed by atoms with van der Waals surface area (Å²) in [5.41, 5.74) is 3.97. The summed E-state index contributed by atoms with van der Waals surface area (Å²) in [6.45, 7) is 0.992. The highest BCUT2D eigenvalue weighted by Crippen LogP contribution is 2.41. The molecule has 0 unspecified atom stereocenters. The van der Waals surface area contributed by atoms with Crippen molar-refractivity contribution in [1.82, 2.24) is 4.90 Å². The summed E-state index contributed by atoms with van der Waals surface area (Å²) in [5.74, 6) is 0.285. The Morgan fingerprint density at radius 3 is 2.71 bits per heavy atom. The van der Waals surface area contributed by atoms with Crippen LogP contribution in [0.15, 0.2) is 54.1 Å². The molecular weight excluding hydrogens is 353 g/mol. The minimum absolute atomic E-state index is 0.178. The molecule has 1 aliphatic rings. The van der Waals surface area contributed by atoms with E-state index < -0.39 is 0 Å². The van der Waals surface area contributed by atoms with Gasteiger partial charge in [0.25, 0.3) is 0 Å². The fraction of sp³-hybridized carbons (Fsp3) is 0.375. The number of esters is 1. The van der Waals surface area contributed by atoms with E-state index in [0.717, 1.165) is 36.9 Å². The van der Waals surface area contributed by atoms with Gasteiger partial charge < -0.3 is 9.64 Å². The Bertz CT molecular complexity index is 859. The third kappa shape index (κ3) is 5.08. The molecule has 2 atom stereocenters. The number of hydrogen-bond donors (Lipinski definition) is 0. The molecule has 0 spiro atoms. The van der Waals surface area contributed by atoms with Gasteiger partial charge in [-0.15, -0.1) is 0 Å². The lowest BCUT2D eigenvalue weighted by molar-refractivity contribution is 0.0600. The van der Waals surface area contributed by atoms with Crippen LogP contribution in [-0.4, -0.2) is 38.6 Å². The molecular formula is C24H28FNO2. The molecule has 0 heterocycles. The Hall–Kier alpha value is -2.46. The van der Waals surface area contributed by atoms with E-state index in [2.05, 4.69) is 25.1 Å². The van der Waals surface area contributed by atoms with Crippen LogP contribution in [0.4, 0.5) is 4.39 Å². The van der Waals surface area contributed by atoms with Crippen molar-refractivity contribution in [2.24, 2.45) is 5.92 Å². The summed E-state index contributed by atoms with van der Waals surface area (Å²) in [5, 5.41) is 0. The zero-order valence-electron chi connectivity index (χ0n) is 16.8. The molecule has 148 valence electrons. The Labute approximate surface area is 166 Å². The Balaban J connectivity index is 1.86. The second-order valence-electron chi connectivity index (χ2n) is 7.85. The predicted molar refractivity (Wildman–Crippen MR) is 111 cm³/mol. The van der Waals surface area contributed by atoms with E-state index in [1.165, 1.54) is 18.7 Å². The highest BCUT2D eigenvalue weighted by molar-refractivity contribution is 5.90. The number of rotatable bonds is 5. The monoisotopic (exact) mass is 381 g/mol. The second-order valence-corrected chi connectivity index (χ2v) is 7.85. The van der Waals surface area contributed by atoms with Crippen LogP contribution in [0, 0.1) is 11.7 Å². The van der Waals surface area contributed by atoms with Crippen LogP contribution in [0.3, 0.4) is 0 Å². The van der Waals surface area contributed by atoms with Crippen LogP contribution >= 0.6 is 0 Å². The molecule has 0 aromatic heterocycles. The van der Waals surface area contributed by atoms with E-state index in [4.69, 9.17) is 4.74 Å². The Kier molecular flexibility index (Phi) is 6.63. The lowest BCUT2D eigenvalue weighted by Gasteiger charge is -2.35. The summed E-state index contributed by atoms with van der Waals surface area (Å²) in [6, 6.07) is 14.5. The van der Waals surface area contributed by atoms with Crippen molar-refractivity contribution in [3.05, 3.63) is 76.6 Å². The quantitative estimate of drug-likeness (QED) is 0.672. The van der Waals surface area contributed by atoms with Crippen molar-refractivity contribution in [2.75, 3.05) is 27.7 Å². The van der Waals surface area contributed by atoms with Crippen LogP contribution in [-0.2, 0) is 4.74 Å². The number of allylic oxidation sites excluding steroid dienone is 1. The minimum Gasteiger partial charge on any atom is -0.465 e. The molecule has 0 radical (unpaired) electrons. The zero-order valence-corrected chi connectivity index (χ0v) is 16.8. The first-order chi connectivity index (χ1) is 13.5. The highest BCUT2D eigenvalue weighted by Gasteiger charge is 2.29. The zero-order chi connectivity index (χ0) is 20.1. The minimum atomic E-state index is -0.326. The second kappa shape index (κ2) is 9.16. The molecule has 0 saturated heterocycles. The number of benzene rings is 2. The van der Waals surface area contributed by atoms with Crippen molar-refractivity contribution in [1.29, 1.82) is 0 Å². The van der Waals surface area contributed by atoms with E-state index in [1.54, 1.807) is 18.2 Å². The molecule has 0 amide bonds. The fourth-order valence-corrected chi connectivity index (χ4v) is 4.18. The summed E-state index contributed by atoms with van der Waals surface area (Å²) < 4.78 is 18.7. The molecule has 0 aliphatic heterocycles. The van der Waals surface area contributed by atoms with E-state index in [9.17, 15) is 9.18 Å². The molecule has 2 aromatic rings. The van der Waals surface area contributed by atoms with Gasteiger partial charge in [0.1, 0.15) is 5.82 Å². The van der Waals surface area contributed by atoms with Gasteiger partial charge >= 0.3 is 5.97 Å². The van der Waals surface area contributed by atoms with Gasteiger partial charge in [0.2, 0.25) is 0 Å². The first-order valence-electron chi connectivity index (χ1n) is 9.74. The van der Waals surface area contributed by atoms with E-state index in [-0.39, 0.29) is 11.8 Å². The standard InChI is InChI=1S/C24H28FNO2/c1-26(2)16-21-11-10-18(14-23(21)19-7-5-9-22(25)15-19)12-17-6-4-8-20(13-17)24(27)28-3/h4-9,12-13,15,21,23H,10-11,14,16H2,1-3H3/t21-,23+/m0/s1. The lowest BCUT2D eigenvalue weighted by atomic mass is 9.73. The third-order valence-electron chi connectivity index (χ3n) is 5.44. The Morgan fingerprint density at radius 2 is 2.00 bits per heavy atom. The van der Waals surface area contributed by atoms with Crippen molar-refractivity contribution >= 4 is 12.0 Å². The number of nitrogens with zero attached hydrogens (tertiary/aromatic N) is 1. The van der Waals surface area contributed by atoms with Crippen molar-refractivity contribution in [2.45, 2.75) is 25.2 Å². The van der Waals surface area contributed by atoms with Gasteiger partial charge in [-0.1, -0.05) is 35.9 Å². The van der Waals surface area contributed by atoms with Gasteiger partial charge in [-0.3, -0.25) is 0 Å². The van der Waals surface area contributed by atoms with Crippen molar-refractivity contribution < 1.29 is 13.9 Å². The van der Waals surface area contributed by atoms with Gasteiger partial charge in [-0.05, 0) is 80.6 Å². The molecule has 3 nitrogen and oxygen atoms in total. The number of carbonyl (C=O) groups is 1. The first-order valence-corrected chi connectivity index (χ1v) is 9.74. The first kappa shape index (κ1) is 20.3. The predicted octanol–water partition coefficient (Wildman–Crippen LogP) is 5.14. The van der Waals surface area contributed by atoms with Crippen LogP contribution in [0.5, 0.6) is 0 Å². The largest absolute Gasteiger partial charge is 0.465 e. The summed E-state index contributed by atoms with van der Waals surface area (Å²) in [6.07, 6.45) is 5.17. The normalized spacial score (nSPS) is 21.1. The van der Waals surface area contributed by atoms with Gasteiger partial charge in [0, 0.05) is 6.54 Å². The molecule has 1 aliphatic carbocycles. The van der Waals surface area contributed by atoms with Crippen molar-refractivity contribution in [3.8, 4) is 0 Å². The van der Waals surface area contributed by atoms with Crippen LogP contribution < -0.4 is 0 Å². The van der Waals surface area contributed by atoms with Crippen LogP contribution in [0.2, 0.25) is 0 Å². The topological polar surface area (TPSA) is 29.5 Å². The SMILES string of the molecule is COC(=O)c1cccc(C=C2CC[C@@H](CN(C)C)[C@@H](c3cccc(F)c3)C2)c1. The van der Waals surface area contributed by atoms with Crippen molar-refractivity contribution in [3.63, 3.8) is 0 Å². The summed E-state index contributed by atoms with van der Waals surface area (Å²) >= 11 is 0. The molecule has 1 fully saturated rings. The van der Waals surface area contributed by atoms with E-state index >= 15 is 0 Å². The van der Waals surface area contributed by atoms with E-state index in [0.29, 0.717) is 17.4 Å². The number of carbonyl (C=O) groups excluding carboxylic acids is 1. The highest BCUT2D eigenvalue weighted by atomic mass is 19.1. The molecule has 4 heteroatoms. The molecule has 28 heavy (non-hydrogen) atoms. The van der Waals surface area contributed by atoms with E-state index in [1.807, 2.05) is 24.3 Å². The van der Waals surface area contributed by atoms with Crippen LogP contribution in [0.1, 0.15) is 46.7 Å². The lowest BCUT2D eigenvalue weighted by Crippen LogP contribution is -2.29. The number of methoxy groups -OCH3 is 1. The smallest absolute Gasteiger partial charge is 0.337 e. The summed E-state index contributed by atoms with van der Waals surface area (Å²) in [7, 11) is 5.57. The molecule has 0 bridgehead atoms. The van der Waals surface area contributed by atoms with Crippen LogP contribution in [0.25, 0.3) is 6.08 Å². The molecule has 3 rings (SSSR count). The maximum atomic E-state index is 13.8. The maximum Gasteiger partial charge on any atom is 0.337 e. The number of hydrogen-bond acceptors (Lipinski definition) is 3.